The van der Waals surface area contributed by atoms with E-state index in [2.05, 4.69) is 19.9 Å². The summed E-state index contributed by atoms with van der Waals surface area (Å²) in [6.07, 6.45) is 4.53. The van der Waals surface area contributed by atoms with Crippen molar-refractivity contribution in [1.29, 1.82) is 0 Å². The van der Waals surface area contributed by atoms with Gasteiger partial charge in [0.25, 0.3) is 0 Å². The van der Waals surface area contributed by atoms with Gasteiger partial charge in [-0.15, -0.1) is 0 Å². The van der Waals surface area contributed by atoms with Gasteiger partial charge < -0.3 is 9.30 Å². The highest BCUT2D eigenvalue weighted by Crippen LogP contribution is 2.33. The molecule has 0 aliphatic rings. The Bertz CT molecular complexity index is 1390. The third kappa shape index (κ3) is 3.26. The number of anilines is 1. The predicted molar refractivity (Wildman–Crippen MR) is 102 cm³/mol. The van der Waals surface area contributed by atoms with Gasteiger partial charge in [-0.3, -0.25) is 9.71 Å². The first-order chi connectivity index (χ1) is 14.1. The molecule has 156 valence electrons. The van der Waals surface area contributed by atoms with Gasteiger partial charge >= 0.3 is 15.5 Å². The van der Waals surface area contributed by atoms with Crippen molar-refractivity contribution in [2.24, 2.45) is 7.05 Å². The summed E-state index contributed by atoms with van der Waals surface area (Å²) in [7, 11) is -2.70. The molecule has 0 atom stereocenters. The van der Waals surface area contributed by atoms with E-state index in [1.54, 1.807) is 36.3 Å². The second-order valence-electron chi connectivity index (χ2n) is 6.24. The van der Waals surface area contributed by atoms with Crippen LogP contribution in [0.5, 0.6) is 5.88 Å². The van der Waals surface area contributed by atoms with Crippen molar-refractivity contribution in [2.75, 3.05) is 11.8 Å². The Morgan fingerprint density at radius 3 is 2.57 bits per heavy atom. The maximum Gasteiger partial charge on any atom is 0.516 e. The molecule has 9 nitrogen and oxygen atoms in total. The zero-order chi connectivity index (χ0) is 21.7. The topological polar surface area (TPSA) is 112 Å². The third-order valence-corrected chi connectivity index (χ3v) is 5.38. The van der Waals surface area contributed by atoms with E-state index >= 15 is 0 Å². The molecule has 0 bridgehead atoms. The van der Waals surface area contributed by atoms with Crippen molar-refractivity contribution >= 4 is 37.8 Å². The van der Waals surface area contributed by atoms with Crippen LogP contribution >= 0.6 is 0 Å². The van der Waals surface area contributed by atoms with Gasteiger partial charge in [0.15, 0.2) is 0 Å². The zero-order valence-electron chi connectivity index (χ0n) is 15.5. The highest BCUT2D eigenvalue weighted by atomic mass is 32.2. The number of sulfonamides is 1. The molecule has 0 amide bonds. The van der Waals surface area contributed by atoms with Crippen LogP contribution in [-0.2, 0) is 17.1 Å². The highest BCUT2D eigenvalue weighted by Gasteiger charge is 2.46. The number of fused-ring (bicyclic) bond motifs is 3. The summed E-state index contributed by atoms with van der Waals surface area (Å²) in [6.45, 7) is 0. The Kier molecular flexibility index (Phi) is 4.49. The molecule has 0 radical (unpaired) electrons. The van der Waals surface area contributed by atoms with E-state index in [0.29, 0.717) is 22.2 Å². The first kappa shape index (κ1) is 19.8. The Morgan fingerprint density at radius 1 is 1.10 bits per heavy atom. The number of halogens is 3. The summed E-state index contributed by atoms with van der Waals surface area (Å²) >= 11 is 0. The third-order valence-electron chi connectivity index (χ3n) is 4.28. The molecule has 0 saturated carbocycles. The Morgan fingerprint density at radius 2 is 1.87 bits per heavy atom. The molecule has 0 aliphatic carbocycles. The van der Waals surface area contributed by atoms with Crippen molar-refractivity contribution in [2.45, 2.75) is 5.51 Å². The molecule has 0 aliphatic heterocycles. The molecular weight excluding hydrogens is 425 g/mol. The molecule has 4 heterocycles. The van der Waals surface area contributed by atoms with Crippen LogP contribution in [-0.4, -0.2) is 45.5 Å². The predicted octanol–water partition coefficient (Wildman–Crippen LogP) is 2.85. The van der Waals surface area contributed by atoms with Crippen LogP contribution in [0.2, 0.25) is 0 Å². The minimum absolute atomic E-state index is 0.275. The quantitative estimate of drug-likeness (QED) is 0.521. The Hall–Kier alpha value is -3.48. The summed E-state index contributed by atoms with van der Waals surface area (Å²) < 4.78 is 69.4. The summed E-state index contributed by atoms with van der Waals surface area (Å²) in [4.78, 5) is 17.0. The maximum absolute atomic E-state index is 12.8. The minimum Gasteiger partial charge on any atom is -0.480 e. The second kappa shape index (κ2) is 6.79. The lowest BCUT2D eigenvalue weighted by Gasteiger charge is -2.14. The van der Waals surface area contributed by atoms with Gasteiger partial charge in [-0.25, -0.2) is 15.0 Å². The fourth-order valence-corrected chi connectivity index (χ4v) is 3.44. The lowest BCUT2D eigenvalue weighted by molar-refractivity contribution is -0.0429. The zero-order valence-corrected chi connectivity index (χ0v) is 16.3. The molecule has 0 fully saturated rings. The number of ether oxygens (including phenoxy) is 1. The molecule has 0 spiro atoms. The number of aryl methyl sites for hydroxylation is 1. The van der Waals surface area contributed by atoms with Crippen LogP contribution in [0.1, 0.15) is 0 Å². The van der Waals surface area contributed by atoms with Crippen molar-refractivity contribution in [3.05, 3.63) is 36.9 Å². The Labute approximate surface area is 167 Å². The summed E-state index contributed by atoms with van der Waals surface area (Å²) in [5.74, 6) is -0.317. The van der Waals surface area contributed by atoms with E-state index in [1.165, 1.54) is 17.0 Å². The fraction of sp³-hybridized carbons (Fsp3) is 0.176. The van der Waals surface area contributed by atoms with Gasteiger partial charge in [0.1, 0.15) is 16.7 Å². The number of rotatable bonds is 4. The average molecular weight is 438 g/mol. The van der Waals surface area contributed by atoms with Crippen LogP contribution in [0.3, 0.4) is 0 Å². The van der Waals surface area contributed by atoms with Crippen LogP contribution in [0, 0.1) is 0 Å². The number of nitrogens with zero attached hydrogens (tertiary/aromatic N) is 5. The SMILES string of the molecule is COc1ncc(-c2ccc3ncc4ncn(C)c4c3n2)cc1NS(=O)(=O)C(F)(F)F. The summed E-state index contributed by atoms with van der Waals surface area (Å²) in [6, 6.07) is 4.46. The van der Waals surface area contributed by atoms with Crippen LogP contribution in [0.15, 0.2) is 36.9 Å². The van der Waals surface area contributed by atoms with Gasteiger partial charge in [0, 0.05) is 18.8 Å². The van der Waals surface area contributed by atoms with Gasteiger partial charge in [-0.05, 0) is 18.2 Å². The molecular formula is C17H13F3N6O3S. The van der Waals surface area contributed by atoms with Crippen molar-refractivity contribution in [1.82, 2.24) is 24.5 Å². The van der Waals surface area contributed by atoms with Crippen molar-refractivity contribution < 1.29 is 26.3 Å². The molecule has 4 aromatic heterocycles. The number of aromatic nitrogens is 5. The lowest BCUT2D eigenvalue weighted by Crippen LogP contribution is -2.30. The van der Waals surface area contributed by atoms with Gasteiger partial charge in [-0.2, -0.15) is 21.6 Å². The molecule has 1 N–H and O–H groups in total. The molecule has 0 unspecified atom stereocenters. The maximum atomic E-state index is 12.8. The normalized spacial score (nSPS) is 12.4. The van der Waals surface area contributed by atoms with E-state index in [1.807, 2.05) is 0 Å². The number of hydrogen-bond donors (Lipinski definition) is 1. The molecule has 30 heavy (non-hydrogen) atoms. The highest BCUT2D eigenvalue weighted by molar-refractivity contribution is 7.93. The van der Waals surface area contributed by atoms with Crippen LogP contribution in [0.25, 0.3) is 33.3 Å². The summed E-state index contributed by atoms with van der Waals surface area (Å²) in [5.41, 5.74) is -2.87. The number of hydrogen-bond acceptors (Lipinski definition) is 7. The van der Waals surface area contributed by atoms with E-state index in [0.717, 1.165) is 12.6 Å². The fourth-order valence-electron chi connectivity index (χ4n) is 2.88. The standard InChI is InChI=1S/C17H13F3N6O3S/c1-26-8-23-13-7-21-11-4-3-10(24-14(11)15(13)26)9-5-12(16(29-2)22-6-9)25-30(27,28)17(18,19)20/h3-8,25H,1-2H3. The first-order valence-corrected chi connectivity index (χ1v) is 9.79. The van der Waals surface area contributed by atoms with Crippen molar-refractivity contribution in [3.63, 3.8) is 0 Å². The van der Waals surface area contributed by atoms with Crippen molar-refractivity contribution in [3.8, 4) is 17.1 Å². The smallest absolute Gasteiger partial charge is 0.480 e. The van der Waals surface area contributed by atoms with E-state index in [-0.39, 0.29) is 11.4 Å². The first-order valence-electron chi connectivity index (χ1n) is 8.31. The minimum atomic E-state index is -5.66. The van der Waals surface area contributed by atoms with Gasteiger partial charge in [0.05, 0.1) is 36.4 Å². The second-order valence-corrected chi connectivity index (χ2v) is 7.92. The largest absolute Gasteiger partial charge is 0.516 e. The van der Waals surface area contributed by atoms with Crippen LogP contribution in [0.4, 0.5) is 18.9 Å². The molecule has 4 aromatic rings. The molecule has 0 saturated heterocycles. The lowest BCUT2D eigenvalue weighted by atomic mass is 10.1. The van der Waals surface area contributed by atoms with E-state index in [9.17, 15) is 21.6 Å². The Balaban J connectivity index is 1.85. The van der Waals surface area contributed by atoms with Crippen LogP contribution < -0.4 is 9.46 Å². The van der Waals surface area contributed by atoms with E-state index < -0.39 is 21.2 Å². The molecule has 0 aromatic carbocycles. The number of methoxy groups -OCH3 is 1. The number of alkyl halides is 3. The number of imidazole rings is 1. The number of pyridine rings is 3. The van der Waals surface area contributed by atoms with E-state index in [4.69, 9.17) is 4.74 Å². The molecule has 4 rings (SSSR count). The molecule has 13 heteroatoms. The number of nitrogens with one attached hydrogen (secondary N) is 1. The van der Waals surface area contributed by atoms with Gasteiger partial charge in [0.2, 0.25) is 5.88 Å². The average Bonchev–Trinajstić information content (AvgIpc) is 3.08. The van der Waals surface area contributed by atoms with Gasteiger partial charge in [-0.1, -0.05) is 0 Å². The monoisotopic (exact) mass is 438 g/mol. The summed E-state index contributed by atoms with van der Waals surface area (Å²) in [5, 5.41) is 0.